The first-order valence-corrected chi connectivity index (χ1v) is 3.51. The minimum Gasteiger partial charge on any atom is -0.359 e. The Balaban J connectivity index is 2.62. The SMILES string of the molecule is CC#CCNc1cc(=O)[nH]cn1. The molecule has 0 atom stereocenters. The van der Waals surface area contributed by atoms with E-state index in [2.05, 4.69) is 27.1 Å². The Hall–Kier alpha value is -1.76. The average Bonchev–Trinajstić information content (AvgIpc) is 2.05. The summed E-state index contributed by atoms with van der Waals surface area (Å²) < 4.78 is 0. The molecule has 1 aromatic heterocycles. The average molecular weight is 163 g/mol. The van der Waals surface area contributed by atoms with Crippen molar-refractivity contribution in [2.45, 2.75) is 6.92 Å². The lowest BCUT2D eigenvalue weighted by molar-refractivity contribution is 1.10. The van der Waals surface area contributed by atoms with Gasteiger partial charge in [-0.05, 0) is 6.92 Å². The van der Waals surface area contributed by atoms with Crippen molar-refractivity contribution in [3.05, 3.63) is 22.7 Å². The molecule has 0 aliphatic rings. The lowest BCUT2D eigenvalue weighted by Crippen LogP contribution is -2.08. The van der Waals surface area contributed by atoms with Crippen molar-refractivity contribution < 1.29 is 0 Å². The Bertz CT molecular complexity index is 358. The number of aromatic amines is 1. The molecule has 1 rings (SSSR count). The molecule has 0 spiro atoms. The topological polar surface area (TPSA) is 57.8 Å². The van der Waals surface area contributed by atoms with Gasteiger partial charge in [0.05, 0.1) is 12.9 Å². The predicted octanol–water partition coefficient (Wildman–Crippen LogP) is 0.205. The van der Waals surface area contributed by atoms with E-state index >= 15 is 0 Å². The van der Waals surface area contributed by atoms with Gasteiger partial charge in [0.1, 0.15) is 5.82 Å². The zero-order chi connectivity index (χ0) is 8.81. The Morgan fingerprint density at radius 1 is 1.75 bits per heavy atom. The summed E-state index contributed by atoms with van der Waals surface area (Å²) in [5, 5.41) is 2.88. The van der Waals surface area contributed by atoms with E-state index in [1.165, 1.54) is 12.4 Å². The normalized spacial score (nSPS) is 8.42. The van der Waals surface area contributed by atoms with E-state index in [4.69, 9.17) is 0 Å². The molecule has 2 N–H and O–H groups in total. The third kappa shape index (κ3) is 2.46. The van der Waals surface area contributed by atoms with Gasteiger partial charge in [0.2, 0.25) is 0 Å². The molecule has 0 aliphatic heterocycles. The van der Waals surface area contributed by atoms with E-state index in [1.807, 2.05) is 0 Å². The maximum absolute atomic E-state index is 10.8. The second-order valence-corrected chi connectivity index (χ2v) is 2.08. The summed E-state index contributed by atoms with van der Waals surface area (Å²) in [7, 11) is 0. The van der Waals surface area contributed by atoms with Gasteiger partial charge in [-0.15, -0.1) is 5.92 Å². The molecule has 0 aliphatic carbocycles. The third-order valence-corrected chi connectivity index (χ3v) is 1.21. The Labute approximate surface area is 70.0 Å². The second-order valence-electron chi connectivity index (χ2n) is 2.08. The fourth-order valence-corrected chi connectivity index (χ4v) is 0.688. The molecule has 4 heteroatoms. The van der Waals surface area contributed by atoms with Crippen LogP contribution in [0.1, 0.15) is 6.92 Å². The first-order chi connectivity index (χ1) is 5.83. The number of nitrogens with one attached hydrogen (secondary N) is 2. The van der Waals surface area contributed by atoms with Crippen LogP contribution in [0.15, 0.2) is 17.2 Å². The lowest BCUT2D eigenvalue weighted by atomic mass is 10.5. The zero-order valence-corrected chi connectivity index (χ0v) is 6.72. The van der Waals surface area contributed by atoms with Crippen LogP contribution in [-0.4, -0.2) is 16.5 Å². The van der Waals surface area contributed by atoms with Crippen LogP contribution in [0.3, 0.4) is 0 Å². The monoisotopic (exact) mass is 163 g/mol. The first kappa shape index (κ1) is 8.34. The molecular formula is C8H9N3O. The standard InChI is InChI=1S/C8H9N3O/c1-2-3-4-9-7-5-8(12)11-6-10-7/h5-6H,4H2,1H3,(H2,9,10,11,12). The van der Waals surface area contributed by atoms with Crippen LogP contribution in [0, 0.1) is 11.8 Å². The Kier molecular flexibility index (Phi) is 2.91. The largest absolute Gasteiger partial charge is 0.359 e. The van der Waals surface area contributed by atoms with Crippen LogP contribution < -0.4 is 10.9 Å². The van der Waals surface area contributed by atoms with Crippen LogP contribution in [-0.2, 0) is 0 Å². The van der Waals surface area contributed by atoms with Gasteiger partial charge >= 0.3 is 0 Å². The molecule has 0 bridgehead atoms. The highest BCUT2D eigenvalue weighted by Crippen LogP contribution is 1.91. The number of hydrogen-bond donors (Lipinski definition) is 2. The Morgan fingerprint density at radius 3 is 3.25 bits per heavy atom. The van der Waals surface area contributed by atoms with E-state index in [9.17, 15) is 4.79 Å². The number of aromatic nitrogens is 2. The molecule has 0 unspecified atom stereocenters. The molecule has 1 aromatic rings. The van der Waals surface area contributed by atoms with Crippen LogP contribution in [0.4, 0.5) is 5.82 Å². The Morgan fingerprint density at radius 2 is 2.58 bits per heavy atom. The summed E-state index contributed by atoms with van der Waals surface area (Å²) in [4.78, 5) is 17.0. The summed E-state index contributed by atoms with van der Waals surface area (Å²) >= 11 is 0. The fraction of sp³-hybridized carbons (Fsp3) is 0.250. The summed E-state index contributed by atoms with van der Waals surface area (Å²) in [6.45, 7) is 2.26. The lowest BCUT2D eigenvalue weighted by Gasteiger charge is -1.97. The first-order valence-electron chi connectivity index (χ1n) is 3.51. The van der Waals surface area contributed by atoms with Crippen molar-refractivity contribution in [3.8, 4) is 11.8 Å². The number of nitrogens with zero attached hydrogens (tertiary/aromatic N) is 1. The molecule has 0 saturated heterocycles. The molecule has 1 heterocycles. The van der Waals surface area contributed by atoms with E-state index in [0.717, 1.165) is 0 Å². The molecular weight excluding hydrogens is 154 g/mol. The molecule has 0 saturated carbocycles. The molecule has 62 valence electrons. The van der Waals surface area contributed by atoms with Crippen LogP contribution in [0.5, 0.6) is 0 Å². The number of hydrogen-bond acceptors (Lipinski definition) is 3. The van der Waals surface area contributed by atoms with Crippen molar-refractivity contribution in [2.24, 2.45) is 0 Å². The van der Waals surface area contributed by atoms with E-state index < -0.39 is 0 Å². The van der Waals surface area contributed by atoms with Crippen molar-refractivity contribution in [3.63, 3.8) is 0 Å². The number of anilines is 1. The van der Waals surface area contributed by atoms with Crippen LogP contribution in [0.25, 0.3) is 0 Å². The van der Waals surface area contributed by atoms with Crippen molar-refractivity contribution in [2.75, 3.05) is 11.9 Å². The number of rotatable bonds is 2. The van der Waals surface area contributed by atoms with Crippen molar-refractivity contribution in [1.29, 1.82) is 0 Å². The third-order valence-electron chi connectivity index (χ3n) is 1.21. The minimum absolute atomic E-state index is 0.169. The molecule has 0 radical (unpaired) electrons. The summed E-state index contributed by atoms with van der Waals surface area (Å²) in [5.74, 6) is 6.07. The van der Waals surface area contributed by atoms with Crippen molar-refractivity contribution in [1.82, 2.24) is 9.97 Å². The molecule has 0 amide bonds. The quantitative estimate of drug-likeness (QED) is 0.612. The van der Waals surface area contributed by atoms with Gasteiger partial charge in [0.15, 0.2) is 0 Å². The maximum atomic E-state index is 10.8. The van der Waals surface area contributed by atoms with Gasteiger partial charge in [0, 0.05) is 6.07 Å². The second kappa shape index (κ2) is 4.19. The van der Waals surface area contributed by atoms with E-state index in [0.29, 0.717) is 12.4 Å². The smallest absolute Gasteiger partial charge is 0.252 e. The van der Waals surface area contributed by atoms with Crippen molar-refractivity contribution >= 4 is 5.82 Å². The van der Waals surface area contributed by atoms with Gasteiger partial charge < -0.3 is 10.3 Å². The molecule has 12 heavy (non-hydrogen) atoms. The zero-order valence-electron chi connectivity index (χ0n) is 6.72. The number of H-pyrrole nitrogens is 1. The predicted molar refractivity (Wildman–Crippen MR) is 46.8 cm³/mol. The van der Waals surface area contributed by atoms with Gasteiger partial charge in [-0.2, -0.15) is 0 Å². The van der Waals surface area contributed by atoms with Gasteiger partial charge in [-0.25, -0.2) is 4.98 Å². The highest BCUT2D eigenvalue weighted by atomic mass is 16.1. The molecule has 0 aromatic carbocycles. The van der Waals surface area contributed by atoms with Crippen LogP contribution >= 0.6 is 0 Å². The van der Waals surface area contributed by atoms with Gasteiger partial charge in [-0.3, -0.25) is 4.79 Å². The molecule has 4 nitrogen and oxygen atoms in total. The maximum Gasteiger partial charge on any atom is 0.252 e. The summed E-state index contributed by atoms with van der Waals surface area (Å²) in [6, 6.07) is 1.39. The molecule has 0 fully saturated rings. The minimum atomic E-state index is -0.169. The highest BCUT2D eigenvalue weighted by molar-refractivity contribution is 5.33. The van der Waals surface area contributed by atoms with Crippen LogP contribution in [0.2, 0.25) is 0 Å². The summed E-state index contributed by atoms with van der Waals surface area (Å²) in [5.41, 5.74) is -0.169. The summed E-state index contributed by atoms with van der Waals surface area (Å²) in [6.07, 6.45) is 1.35. The van der Waals surface area contributed by atoms with E-state index in [1.54, 1.807) is 6.92 Å². The van der Waals surface area contributed by atoms with Gasteiger partial charge in [-0.1, -0.05) is 5.92 Å². The fourth-order valence-electron chi connectivity index (χ4n) is 0.688. The highest BCUT2D eigenvalue weighted by Gasteiger charge is 1.89. The van der Waals surface area contributed by atoms with E-state index in [-0.39, 0.29) is 5.56 Å². The van der Waals surface area contributed by atoms with Gasteiger partial charge in [0.25, 0.3) is 5.56 Å².